The Morgan fingerprint density at radius 2 is 2.12 bits per heavy atom. The number of aromatic nitrogens is 1. The van der Waals surface area contributed by atoms with Crippen LogP contribution in [0.4, 0.5) is 0 Å². The van der Waals surface area contributed by atoms with Gasteiger partial charge in [0, 0.05) is 23.9 Å². The number of hydrogen-bond donors (Lipinski definition) is 3. The van der Waals surface area contributed by atoms with Crippen molar-refractivity contribution in [2.75, 3.05) is 13.1 Å². The molecule has 0 unspecified atom stereocenters. The van der Waals surface area contributed by atoms with Crippen molar-refractivity contribution in [2.45, 2.75) is 33.2 Å². The van der Waals surface area contributed by atoms with E-state index in [0.29, 0.717) is 6.54 Å². The first-order chi connectivity index (χ1) is 8.16. The Hall–Kier alpha value is -1.29. The van der Waals surface area contributed by atoms with Gasteiger partial charge in [0.15, 0.2) is 0 Å². The number of nitrogens with one attached hydrogen (secondary N) is 3. The van der Waals surface area contributed by atoms with Gasteiger partial charge in [0.2, 0.25) is 5.91 Å². The van der Waals surface area contributed by atoms with Crippen molar-refractivity contribution in [1.82, 2.24) is 15.6 Å². The third-order valence-electron chi connectivity index (χ3n) is 3.42. The number of amides is 1. The summed E-state index contributed by atoms with van der Waals surface area (Å²) >= 11 is 0. The van der Waals surface area contributed by atoms with Crippen molar-refractivity contribution >= 4 is 5.91 Å². The molecule has 0 radical (unpaired) electrons. The second-order valence-corrected chi connectivity index (χ2v) is 4.84. The fraction of sp³-hybridized carbons (Fsp3) is 0.615. The highest BCUT2D eigenvalue weighted by atomic mass is 16.1. The van der Waals surface area contributed by atoms with Gasteiger partial charge < -0.3 is 15.6 Å². The molecule has 0 spiro atoms. The number of carbonyl (C=O) groups is 1. The summed E-state index contributed by atoms with van der Waals surface area (Å²) in [6.07, 6.45) is 1.91. The molecule has 2 heterocycles. The van der Waals surface area contributed by atoms with Crippen LogP contribution in [0.3, 0.4) is 0 Å². The first kappa shape index (κ1) is 12.2. The van der Waals surface area contributed by atoms with Crippen molar-refractivity contribution in [3.05, 3.63) is 23.0 Å². The molecule has 4 nitrogen and oxygen atoms in total. The van der Waals surface area contributed by atoms with Crippen LogP contribution >= 0.6 is 0 Å². The predicted molar refractivity (Wildman–Crippen MR) is 67.7 cm³/mol. The molecule has 0 bridgehead atoms. The van der Waals surface area contributed by atoms with Crippen LogP contribution in [0.5, 0.6) is 0 Å². The number of aryl methyl sites for hydroxylation is 2. The summed E-state index contributed by atoms with van der Waals surface area (Å²) in [6, 6.07) is 2.10. The van der Waals surface area contributed by atoms with Crippen molar-refractivity contribution in [2.24, 2.45) is 5.92 Å². The van der Waals surface area contributed by atoms with Crippen LogP contribution in [-0.2, 0) is 11.3 Å². The molecule has 3 N–H and O–H groups in total. The Balaban J connectivity index is 1.85. The van der Waals surface area contributed by atoms with E-state index in [1.165, 1.54) is 5.56 Å². The maximum Gasteiger partial charge on any atom is 0.223 e. The SMILES string of the molecule is Cc1cc(CNC(=O)C2CCNCC2)c(C)[nH]1. The Kier molecular flexibility index (Phi) is 3.84. The molecule has 1 saturated heterocycles. The Bertz CT molecular complexity index is 391. The minimum Gasteiger partial charge on any atom is -0.362 e. The third-order valence-corrected chi connectivity index (χ3v) is 3.42. The second kappa shape index (κ2) is 5.36. The average molecular weight is 235 g/mol. The molecule has 0 saturated carbocycles. The third kappa shape index (κ3) is 3.09. The van der Waals surface area contributed by atoms with E-state index >= 15 is 0 Å². The molecule has 17 heavy (non-hydrogen) atoms. The zero-order valence-corrected chi connectivity index (χ0v) is 10.6. The van der Waals surface area contributed by atoms with Crippen LogP contribution in [0, 0.1) is 19.8 Å². The Morgan fingerprint density at radius 1 is 1.41 bits per heavy atom. The first-order valence-electron chi connectivity index (χ1n) is 6.30. The monoisotopic (exact) mass is 235 g/mol. The summed E-state index contributed by atoms with van der Waals surface area (Å²) in [6.45, 7) is 6.63. The normalized spacial score (nSPS) is 17.1. The van der Waals surface area contributed by atoms with E-state index in [9.17, 15) is 4.79 Å². The van der Waals surface area contributed by atoms with Crippen molar-refractivity contribution in [3.8, 4) is 0 Å². The minimum atomic E-state index is 0.191. The lowest BCUT2D eigenvalue weighted by Gasteiger charge is -2.21. The van der Waals surface area contributed by atoms with Gasteiger partial charge in [-0.2, -0.15) is 0 Å². The molecule has 0 aliphatic carbocycles. The van der Waals surface area contributed by atoms with Gasteiger partial charge in [-0.15, -0.1) is 0 Å². The highest BCUT2D eigenvalue weighted by molar-refractivity contribution is 5.78. The lowest BCUT2D eigenvalue weighted by Crippen LogP contribution is -2.37. The molecule has 1 aliphatic heterocycles. The van der Waals surface area contributed by atoms with Gasteiger partial charge in [-0.1, -0.05) is 0 Å². The number of H-pyrrole nitrogens is 1. The van der Waals surface area contributed by atoms with Gasteiger partial charge in [0.1, 0.15) is 0 Å². The Morgan fingerprint density at radius 3 is 2.71 bits per heavy atom. The lowest BCUT2D eigenvalue weighted by atomic mass is 9.97. The lowest BCUT2D eigenvalue weighted by molar-refractivity contribution is -0.125. The maximum atomic E-state index is 11.9. The van der Waals surface area contributed by atoms with Crippen molar-refractivity contribution in [3.63, 3.8) is 0 Å². The van der Waals surface area contributed by atoms with E-state index in [-0.39, 0.29) is 11.8 Å². The number of hydrogen-bond acceptors (Lipinski definition) is 2. The average Bonchev–Trinajstić information content (AvgIpc) is 2.66. The Labute approximate surface area is 102 Å². The van der Waals surface area contributed by atoms with E-state index in [2.05, 4.69) is 21.7 Å². The highest BCUT2D eigenvalue weighted by Gasteiger charge is 2.20. The van der Waals surface area contributed by atoms with Gasteiger partial charge in [-0.3, -0.25) is 4.79 Å². The van der Waals surface area contributed by atoms with E-state index in [1.54, 1.807) is 0 Å². The largest absolute Gasteiger partial charge is 0.362 e. The molecule has 1 aliphatic rings. The minimum absolute atomic E-state index is 0.191. The van der Waals surface area contributed by atoms with Crippen LogP contribution in [0.1, 0.15) is 29.8 Å². The molecular formula is C13H21N3O. The molecule has 1 aromatic rings. The molecule has 0 aromatic carbocycles. The summed E-state index contributed by atoms with van der Waals surface area (Å²) in [5.41, 5.74) is 3.48. The highest BCUT2D eigenvalue weighted by Crippen LogP contribution is 2.13. The quantitative estimate of drug-likeness (QED) is 0.738. The number of aromatic amines is 1. The van der Waals surface area contributed by atoms with Gasteiger partial charge in [-0.05, 0) is 51.4 Å². The maximum absolute atomic E-state index is 11.9. The second-order valence-electron chi connectivity index (χ2n) is 4.84. The molecule has 1 amide bonds. The zero-order valence-electron chi connectivity index (χ0n) is 10.6. The van der Waals surface area contributed by atoms with Gasteiger partial charge in [0.05, 0.1) is 0 Å². The molecule has 94 valence electrons. The summed E-state index contributed by atoms with van der Waals surface area (Å²) < 4.78 is 0. The molecule has 1 fully saturated rings. The number of piperidine rings is 1. The van der Waals surface area contributed by atoms with Crippen LogP contribution in [-0.4, -0.2) is 24.0 Å². The summed E-state index contributed by atoms with van der Waals surface area (Å²) in [5, 5.41) is 6.31. The summed E-state index contributed by atoms with van der Waals surface area (Å²) in [5.74, 6) is 0.390. The van der Waals surface area contributed by atoms with Crippen LogP contribution in [0.15, 0.2) is 6.07 Å². The van der Waals surface area contributed by atoms with E-state index < -0.39 is 0 Å². The molecule has 2 rings (SSSR count). The van der Waals surface area contributed by atoms with Crippen LogP contribution in [0.2, 0.25) is 0 Å². The van der Waals surface area contributed by atoms with E-state index in [1.807, 2.05) is 13.8 Å². The fourth-order valence-corrected chi connectivity index (χ4v) is 2.38. The molecule has 0 atom stereocenters. The summed E-state index contributed by atoms with van der Waals surface area (Å²) in [4.78, 5) is 15.2. The zero-order chi connectivity index (χ0) is 12.3. The standard InChI is InChI=1S/C13H21N3O/c1-9-7-12(10(2)16-9)8-15-13(17)11-3-5-14-6-4-11/h7,11,14,16H,3-6,8H2,1-2H3,(H,15,17). The topological polar surface area (TPSA) is 56.9 Å². The molecule has 1 aromatic heterocycles. The fourth-order valence-electron chi connectivity index (χ4n) is 2.38. The molecule has 4 heteroatoms. The number of carbonyl (C=O) groups excluding carboxylic acids is 1. The van der Waals surface area contributed by atoms with Crippen molar-refractivity contribution < 1.29 is 4.79 Å². The van der Waals surface area contributed by atoms with Crippen molar-refractivity contribution in [1.29, 1.82) is 0 Å². The van der Waals surface area contributed by atoms with Crippen LogP contribution < -0.4 is 10.6 Å². The van der Waals surface area contributed by atoms with Gasteiger partial charge in [0.25, 0.3) is 0 Å². The smallest absolute Gasteiger partial charge is 0.223 e. The van der Waals surface area contributed by atoms with E-state index in [4.69, 9.17) is 0 Å². The van der Waals surface area contributed by atoms with Gasteiger partial charge in [-0.25, -0.2) is 0 Å². The van der Waals surface area contributed by atoms with Gasteiger partial charge >= 0.3 is 0 Å². The predicted octanol–water partition coefficient (Wildman–Crippen LogP) is 1.25. The summed E-state index contributed by atoms with van der Waals surface area (Å²) in [7, 11) is 0. The van der Waals surface area contributed by atoms with E-state index in [0.717, 1.165) is 37.3 Å². The molecular weight excluding hydrogens is 214 g/mol. The number of rotatable bonds is 3. The van der Waals surface area contributed by atoms with Crippen LogP contribution in [0.25, 0.3) is 0 Å². The first-order valence-corrected chi connectivity index (χ1v) is 6.30.